The lowest BCUT2D eigenvalue weighted by molar-refractivity contribution is 1.08. The van der Waals surface area contributed by atoms with E-state index in [1.807, 2.05) is 72.8 Å². The highest BCUT2D eigenvalue weighted by Crippen LogP contribution is 2.49. The van der Waals surface area contributed by atoms with Gasteiger partial charge in [0.05, 0.1) is 0 Å². The topological polar surface area (TPSA) is 225 Å². The molecule has 16 aromatic rings. The fraction of sp³-hybridized carbons (Fsp3) is 0. The molecule has 10 heterocycles. The average Bonchev–Trinajstić information content (AvgIpc) is 4.33. The van der Waals surface area contributed by atoms with Crippen molar-refractivity contribution < 1.29 is 0 Å². The fourth-order valence-electron chi connectivity index (χ4n) is 11.8. The van der Waals surface area contributed by atoms with Gasteiger partial charge < -0.3 is 39.9 Å². The summed E-state index contributed by atoms with van der Waals surface area (Å²) in [5.74, 6) is 5.34. The molecule has 0 radical (unpaired) electrons. The van der Waals surface area contributed by atoms with Gasteiger partial charge in [-0.1, -0.05) is 191 Å². The number of nitrogens with one attached hydrogen (secondary N) is 8. The van der Waals surface area contributed by atoms with Crippen LogP contribution in [-0.4, -0.2) is 39.9 Å². The largest absolute Gasteiger partial charge is 0.324 e. The van der Waals surface area contributed by atoms with Crippen molar-refractivity contribution in [2.24, 2.45) is 39.9 Å². The van der Waals surface area contributed by atoms with Crippen LogP contribution in [0.1, 0.15) is 0 Å². The van der Waals surface area contributed by atoms with E-state index in [2.05, 4.69) is 149 Å². The smallest absolute Gasteiger partial charge is 0.143 e. The SMILES string of the molecule is c1ccc2c3[nH]c(c2c1)N=c1[nH]c(c2ccccc12)=Nc1[nH]c(c2c(SSc4cccc5c6[nH]c(c45)N=c4[nH]c(c5ccccc45)=Nc4[nH]c(c5ccccc45)N=c4[nH]c(c5ccccc45)=N6)cccc12)N=c1[nH]c(c2ccccc12)=N3. The van der Waals surface area contributed by atoms with E-state index in [0.29, 0.717) is 90.4 Å². The second-order valence-corrected chi connectivity index (χ2v) is 22.5. The summed E-state index contributed by atoms with van der Waals surface area (Å²) >= 11 is 0. The highest BCUT2D eigenvalue weighted by atomic mass is 33.1. The first-order valence-electron chi connectivity index (χ1n) is 26.6. The van der Waals surface area contributed by atoms with Crippen molar-refractivity contribution in [2.45, 2.75) is 9.79 Å². The van der Waals surface area contributed by atoms with Gasteiger partial charge in [-0.15, -0.1) is 0 Å². The Kier molecular flexibility index (Phi) is 9.53. The van der Waals surface area contributed by atoms with Gasteiger partial charge in [-0.3, -0.25) is 0 Å². The molecule has 0 saturated carbocycles. The Labute approximate surface area is 467 Å². The Morgan fingerprint density at radius 3 is 0.634 bits per heavy atom. The van der Waals surface area contributed by atoms with Crippen molar-refractivity contribution >= 4 is 154 Å². The molecule has 0 spiro atoms. The van der Waals surface area contributed by atoms with Crippen LogP contribution in [0, 0.1) is 0 Å². The lowest BCUT2D eigenvalue weighted by atomic mass is 10.2. The number of benzene rings is 8. The first-order chi connectivity index (χ1) is 40.6. The first kappa shape index (κ1) is 45.1. The van der Waals surface area contributed by atoms with Crippen LogP contribution < -0.4 is 43.9 Å². The van der Waals surface area contributed by atoms with Crippen molar-refractivity contribution in [3.63, 3.8) is 0 Å². The van der Waals surface area contributed by atoms with Gasteiger partial charge >= 0.3 is 0 Å². The number of H-pyrrole nitrogens is 8. The molecule has 16 nitrogen and oxygen atoms in total. The minimum Gasteiger partial charge on any atom is -0.324 e. The molecule has 0 saturated heterocycles. The Bertz CT molecular complexity index is 5620. The summed E-state index contributed by atoms with van der Waals surface area (Å²) in [4.78, 5) is 73.6. The summed E-state index contributed by atoms with van der Waals surface area (Å²) < 4.78 is 0. The van der Waals surface area contributed by atoms with Crippen LogP contribution in [0.4, 0.5) is 46.5 Å². The molecule has 0 unspecified atom stereocenters. The van der Waals surface area contributed by atoms with Crippen LogP contribution in [0.2, 0.25) is 0 Å². The molecule has 8 aromatic heterocycles. The quantitative estimate of drug-likeness (QED) is 0.0809. The maximum absolute atomic E-state index is 5.47. The molecule has 0 atom stereocenters. The zero-order valence-corrected chi connectivity index (χ0v) is 44.3. The number of hydrogen-bond donors (Lipinski definition) is 8. The summed E-state index contributed by atoms with van der Waals surface area (Å²) in [5.41, 5.74) is 5.37. The molecular weight excluding hydrogens is 1060 g/mol. The Morgan fingerprint density at radius 1 is 0.183 bits per heavy atom. The maximum Gasteiger partial charge on any atom is 0.143 e. The summed E-state index contributed by atoms with van der Waals surface area (Å²) in [6, 6.07) is 61.8. The highest BCUT2D eigenvalue weighted by molar-refractivity contribution is 8.76. The molecule has 8 aromatic carbocycles. The number of fused-ring (bicyclic) bond motifs is 40. The molecule has 2 aliphatic rings. The third-order valence-corrected chi connectivity index (χ3v) is 18.0. The predicted molar refractivity (Wildman–Crippen MR) is 325 cm³/mol. The summed E-state index contributed by atoms with van der Waals surface area (Å²) in [7, 11) is 3.29. The monoisotopic (exact) mass is 1090 g/mol. The van der Waals surface area contributed by atoms with E-state index in [-0.39, 0.29) is 0 Å². The molecule has 0 aliphatic carbocycles. The lowest BCUT2D eigenvalue weighted by Crippen LogP contribution is -2.10. The molecule has 18 heteroatoms. The van der Waals surface area contributed by atoms with Crippen molar-refractivity contribution in [1.29, 1.82) is 0 Å². The van der Waals surface area contributed by atoms with E-state index in [4.69, 9.17) is 39.9 Å². The predicted octanol–water partition coefficient (Wildman–Crippen LogP) is 12.6. The maximum atomic E-state index is 5.47. The van der Waals surface area contributed by atoms with Gasteiger partial charge in [0.2, 0.25) is 0 Å². The van der Waals surface area contributed by atoms with Crippen LogP contribution in [0.25, 0.3) is 86.2 Å². The standard InChI is InChI=1S/C64H38N16S2/c1-3-17-33-31(15-1)49-65-51(33)69-55-39-23-9-11-25-41(39)59(73-55)77-63-47-43(61(79-63)75-57-37-21-7-5-19-35(37)53(67-49)71-57)27-13-29-45(47)81-82-46-30-14-28-44-48(46)64-78-60-42-26-12-10-24-40(42)56(74-60)70-52-34-18-4-2-16-32(34)50(66-52)68-54-36-20-6-8-22-38(36)58(72-54)76-62(44)80-64/h1-30H,(H4,65,67,69,71,73,75,77,79)(H4,66,68,70,72,74,76,78,80). The second kappa shape index (κ2) is 17.3. The molecule has 16 bridgehead atoms. The zero-order chi connectivity index (χ0) is 53.6. The van der Waals surface area contributed by atoms with E-state index >= 15 is 0 Å². The molecule has 82 heavy (non-hydrogen) atoms. The molecule has 18 rings (SSSR count). The Hall–Kier alpha value is -10.8. The van der Waals surface area contributed by atoms with Crippen LogP contribution in [0.15, 0.2) is 232 Å². The third kappa shape index (κ3) is 6.88. The van der Waals surface area contributed by atoms with Crippen LogP contribution >= 0.6 is 21.6 Å². The van der Waals surface area contributed by atoms with E-state index in [0.717, 1.165) is 96.0 Å². The van der Waals surface area contributed by atoms with Gasteiger partial charge in [-0.2, -0.15) is 0 Å². The van der Waals surface area contributed by atoms with Gasteiger partial charge in [-0.05, 0) is 12.1 Å². The van der Waals surface area contributed by atoms with Crippen molar-refractivity contribution in [2.75, 3.05) is 0 Å². The molecular formula is C64H38N16S2. The lowest BCUT2D eigenvalue weighted by Gasteiger charge is -2.06. The van der Waals surface area contributed by atoms with E-state index < -0.39 is 0 Å². The molecule has 386 valence electrons. The third-order valence-electron chi connectivity index (χ3n) is 15.6. The number of rotatable bonds is 3. The van der Waals surface area contributed by atoms with Gasteiger partial charge in [-0.25, -0.2) is 39.9 Å². The summed E-state index contributed by atoms with van der Waals surface area (Å²) in [5, 5.41) is 14.9. The Balaban J connectivity index is 0.853. The Morgan fingerprint density at radius 2 is 0.378 bits per heavy atom. The number of aromatic amines is 8. The van der Waals surface area contributed by atoms with Gasteiger partial charge in [0.25, 0.3) is 0 Å². The average molecular weight is 1100 g/mol. The van der Waals surface area contributed by atoms with E-state index in [1.165, 1.54) is 0 Å². The van der Waals surface area contributed by atoms with Crippen molar-refractivity contribution in [3.8, 4) is 0 Å². The van der Waals surface area contributed by atoms with Crippen LogP contribution in [-0.2, 0) is 0 Å². The second-order valence-electron chi connectivity index (χ2n) is 20.3. The van der Waals surface area contributed by atoms with Gasteiger partial charge in [0, 0.05) is 96.0 Å². The van der Waals surface area contributed by atoms with Crippen LogP contribution in [0.5, 0.6) is 0 Å². The zero-order valence-electron chi connectivity index (χ0n) is 42.7. The minimum atomic E-state index is 0.643. The van der Waals surface area contributed by atoms with Gasteiger partial charge in [0.1, 0.15) is 90.4 Å². The number of hydrogen-bond acceptors (Lipinski definition) is 10. The van der Waals surface area contributed by atoms with E-state index in [9.17, 15) is 0 Å². The summed E-state index contributed by atoms with van der Waals surface area (Å²) in [6.07, 6.45) is 0. The van der Waals surface area contributed by atoms with Crippen molar-refractivity contribution in [3.05, 3.63) is 226 Å². The molecule has 0 amide bonds. The van der Waals surface area contributed by atoms with E-state index in [1.54, 1.807) is 21.6 Å². The van der Waals surface area contributed by atoms with Crippen LogP contribution in [0.3, 0.4) is 0 Å². The number of aromatic nitrogens is 8. The summed E-state index contributed by atoms with van der Waals surface area (Å²) in [6.45, 7) is 0. The molecule has 0 fully saturated rings. The normalized spacial score (nSPS) is 13.0. The van der Waals surface area contributed by atoms with Crippen molar-refractivity contribution in [1.82, 2.24) is 39.9 Å². The van der Waals surface area contributed by atoms with Gasteiger partial charge in [0.15, 0.2) is 0 Å². The fourth-order valence-corrected chi connectivity index (χ4v) is 14.2. The first-order valence-corrected chi connectivity index (χ1v) is 28.8. The highest BCUT2D eigenvalue weighted by Gasteiger charge is 2.21. The molecule has 8 N–H and O–H groups in total. The molecule has 2 aliphatic heterocycles. The number of nitrogens with zero attached hydrogens (tertiary/aromatic N) is 8. The minimum absolute atomic E-state index is 0.643.